The van der Waals surface area contributed by atoms with Gasteiger partial charge in [-0.05, 0) is 83.5 Å². The molecule has 0 heterocycles. The molecule has 0 spiro atoms. The van der Waals surface area contributed by atoms with Gasteiger partial charge in [0, 0.05) is 25.7 Å². The van der Waals surface area contributed by atoms with Crippen molar-refractivity contribution >= 4 is 6.09 Å². The van der Waals surface area contributed by atoms with Crippen LogP contribution in [-0.4, -0.2) is 42.3 Å². The quantitative estimate of drug-likeness (QED) is 0.840. The Balaban J connectivity index is 1.46. The molecular weight excluding hydrogens is 288 g/mol. The average molecular weight is 322 g/mol. The fraction of sp³-hybridized carbons (Fsp3) is 0.947. The van der Waals surface area contributed by atoms with Gasteiger partial charge in [-0.25, -0.2) is 4.79 Å². The summed E-state index contributed by atoms with van der Waals surface area (Å²) >= 11 is 0. The monoisotopic (exact) mass is 322 g/mol. The van der Waals surface area contributed by atoms with Crippen molar-refractivity contribution in [3.63, 3.8) is 0 Å². The molecule has 4 bridgehead atoms. The first kappa shape index (κ1) is 17.1. The molecule has 4 aliphatic rings. The number of likely N-dealkylation sites (N-methyl/N-ethyl adjacent to an activating group) is 1. The van der Waals surface area contributed by atoms with Crippen LogP contribution in [0, 0.1) is 23.7 Å². The van der Waals surface area contributed by atoms with E-state index >= 15 is 0 Å². The van der Waals surface area contributed by atoms with Gasteiger partial charge in [0.05, 0.1) is 0 Å². The number of hydrogen-bond acceptors (Lipinski definition) is 3. The maximum absolute atomic E-state index is 12.2. The lowest BCUT2D eigenvalue weighted by molar-refractivity contribution is -0.0147. The highest BCUT2D eigenvalue weighted by Crippen LogP contribution is 2.53. The predicted molar refractivity (Wildman–Crippen MR) is 92.3 cm³/mol. The molecule has 4 fully saturated rings. The summed E-state index contributed by atoms with van der Waals surface area (Å²) < 4.78 is 5.49. The second kappa shape index (κ2) is 6.62. The number of carbonyl (C=O) groups excluding carboxylic acids is 1. The topological polar surface area (TPSA) is 41.6 Å². The molecule has 23 heavy (non-hydrogen) atoms. The van der Waals surface area contributed by atoms with Crippen molar-refractivity contribution in [3.05, 3.63) is 0 Å². The van der Waals surface area contributed by atoms with Gasteiger partial charge in [-0.3, -0.25) is 0 Å². The Labute approximate surface area is 141 Å². The number of rotatable bonds is 5. The average Bonchev–Trinajstić information content (AvgIpc) is 2.43. The van der Waals surface area contributed by atoms with Crippen molar-refractivity contribution in [3.8, 4) is 0 Å². The molecule has 4 nitrogen and oxygen atoms in total. The molecule has 132 valence electrons. The summed E-state index contributed by atoms with van der Waals surface area (Å²) in [6.45, 7) is 10.1. The molecule has 0 unspecified atom stereocenters. The van der Waals surface area contributed by atoms with Crippen molar-refractivity contribution in [2.24, 2.45) is 23.7 Å². The minimum Gasteiger partial charge on any atom is -0.444 e. The van der Waals surface area contributed by atoms with E-state index in [9.17, 15) is 4.79 Å². The Kier molecular flexibility index (Phi) is 4.91. The fourth-order valence-electron chi connectivity index (χ4n) is 5.33. The Hall–Kier alpha value is -0.770. The summed E-state index contributed by atoms with van der Waals surface area (Å²) in [6, 6.07) is 0.695. The summed E-state index contributed by atoms with van der Waals surface area (Å²) in [5.41, 5.74) is -0.417. The highest BCUT2D eigenvalue weighted by atomic mass is 16.6. The van der Waals surface area contributed by atoms with Crippen molar-refractivity contribution in [2.45, 2.75) is 71.4 Å². The van der Waals surface area contributed by atoms with Crippen molar-refractivity contribution in [1.29, 1.82) is 0 Å². The first-order valence-electron chi connectivity index (χ1n) is 9.57. The van der Waals surface area contributed by atoms with Crippen LogP contribution in [0.1, 0.15) is 59.8 Å². The van der Waals surface area contributed by atoms with E-state index in [0.717, 1.165) is 36.8 Å². The number of nitrogens with zero attached hydrogens (tertiary/aromatic N) is 1. The van der Waals surface area contributed by atoms with Gasteiger partial charge >= 0.3 is 6.09 Å². The third-order valence-corrected chi connectivity index (χ3v) is 6.02. The van der Waals surface area contributed by atoms with E-state index in [-0.39, 0.29) is 6.09 Å². The first-order chi connectivity index (χ1) is 10.9. The molecular formula is C19H34N2O2. The second-order valence-corrected chi connectivity index (χ2v) is 8.97. The summed E-state index contributed by atoms with van der Waals surface area (Å²) in [5.74, 6) is 3.82. The maximum Gasteiger partial charge on any atom is 0.410 e. The van der Waals surface area contributed by atoms with Crippen molar-refractivity contribution in [2.75, 3.05) is 19.6 Å². The van der Waals surface area contributed by atoms with Crippen LogP contribution in [-0.2, 0) is 4.74 Å². The van der Waals surface area contributed by atoms with E-state index in [4.69, 9.17) is 4.74 Å². The number of carbonyl (C=O) groups is 1. The molecule has 4 saturated carbocycles. The highest BCUT2D eigenvalue weighted by Gasteiger charge is 2.47. The van der Waals surface area contributed by atoms with Gasteiger partial charge in [-0.15, -0.1) is 0 Å². The molecule has 0 saturated heterocycles. The SMILES string of the molecule is CCN(CCNC1C2CC3CC(C2)CC1C3)C(=O)OC(C)(C)C. The van der Waals surface area contributed by atoms with Crippen LogP contribution >= 0.6 is 0 Å². The summed E-state index contributed by atoms with van der Waals surface area (Å²) in [6.07, 6.45) is 7.07. The van der Waals surface area contributed by atoms with E-state index in [2.05, 4.69) is 5.32 Å². The van der Waals surface area contributed by atoms with Gasteiger partial charge in [0.15, 0.2) is 0 Å². The standard InChI is InChI=1S/C19H34N2O2/c1-5-21(18(22)23-19(2,3)4)7-6-20-17-15-9-13-8-14(11-15)12-16(17)10-13/h13-17,20H,5-12H2,1-4H3. The highest BCUT2D eigenvalue weighted by molar-refractivity contribution is 5.68. The van der Waals surface area contributed by atoms with Crippen LogP contribution in [0.2, 0.25) is 0 Å². The van der Waals surface area contributed by atoms with E-state index in [0.29, 0.717) is 12.6 Å². The van der Waals surface area contributed by atoms with Gasteiger partial charge in [0.2, 0.25) is 0 Å². The minimum atomic E-state index is -0.417. The molecule has 1 amide bonds. The number of amides is 1. The Morgan fingerprint density at radius 3 is 2.13 bits per heavy atom. The third kappa shape index (κ3) is 4.01. The summed E-state index contributed by atoms with van der Waals surface area (Å²) in [5, 5.41) is 3.80. The zero-order valence-corrected chi connectivity index (χ0v) is 15.3. The van der Waals surface area contributed by atoms with Crippen LogP contribution in [0.3, 0.4) is 0 Å². The van der Waals surface area contributed by atoms with Gasteiger partial charge < -0.3 is 15.0 Å². The van der Waals surface area contributed by atoms with Crippen molar-refractivity contribution in [1.82, 2.24) is 10.2 Å². The normalized spacial score (nSPS) is 35.4. The molecule has 4 aliphatic carbocycles. The van der Waals surface area contributed by atoms with Gasteiger partial charge in [0.1, 0.15) is 5.60 Å². The van der Waals surface area contributed by atoms with Gasteiger partial charge in [0.25, 0.3) is 0 Å². The predicted octanol–water partition coefficient (Wildman–Crippen LogP) is 3.66. The summed E-state index contributed by atoms with van der Waals surface area (Å²) in [7, 11) is 0. The van der Waals surface area contributed by atoms with Crippen LogP contribution < -0.4 is 5.32 Å². The van der Waals surface area contributed by atoms with Crippen LogP contribution in [0.25, 0.3) is 0 Å². The van der Waals surface area contributed by atoms with Crippen LogP contribution in [0.5, 0.6) is 0 Å². The Bertz CT molecular complexity index is 402. The van der Waals surface area contributed by atoms with Crippen molar-refractivity contribution < 1.29 is 9.53 Å². The van der Waals surface area contributed by atoms with Crippen LogP contribution in [0.4, 0.5) is 4.79 Å². The zero-order valence-electron chi connectivity index (χ0n) is 15.3. The van der Waals surface area contributed by atoms with E-state index in [1.807, 2.05) is 32.6 Å². The van der Waals surface area contributed by atoms with Gasteiger partial charge in [-0.1, -0.05) is 0 Å². The largest absolute Gasteiger partial charge is 0.444 e. The van der Waals surface area contributed by atoms with Crippen LogP contribution in [0.15, 0.2) is 0 Å². The number of nitrogens with one attached hydrogen (secondary N) is 1. The molecule has 4 rings (SSSR count). The third-order valence-electron chi connectivity index (χ3n) is 6.02. The zero-order chi connectivity index (χ0) is 16.6. The molecule has 0 aromatic rings. The van der Waals surface area contributed by atoms with E-state index in [1.165, 1.54) is 32.1 Å². The molecule has 0 aromatic heterocycles. The molecule has 0 radical (unpaired) electrons. The lowest BCUT2D eigenvalue weighted by Crippen LogP contribution is -2.55. The Morgan fingerprint density at radius 1 is 1.09 bits per heavy atom. The summed E-state index contributed by atoms with van der Waals surface area (Å²) in [4.78, 5) is 14.0. The lowest BCUT2D eigenvalue weighted by atomic mass is 9.54. The van der Waals surface area contributed by atoms with E-state index < -0.39 is 5.60 Å². The van der Waals surface area contributed by atoms with E-state index in [1.54, 1.807) is 0 Å². The second-order valence-electron chi connectivity index (χ2n) is 8.97. The molecule has 0 aromatic carbocycles. The molecule has 1 N–H and O–H groups in total. The first-order valence-corrected chi connectivity index (χ1v) is 9.57. The maximum atomic E-state index is 12.2. The smallest absolute Gasteiger partial charge is 0.410 e. The molecule has 4 heteroatoms. The fourth-order valence-corrected chi connectivity index (χ4v) is 5.33. The minimum absolute atomic E-state index is 0.188. The molecule has 0 aliphatic heterocycles. The number of hydrogen-bond donors (Lipinski definition) is 1. The van der Waals surface area contributed by atoms with Gasteiger partial charge in [-0.2, -0.15) is 0 Å². The molecule has 0 atom stereocenters. The number of ether oxygens (including phenoxy) is 1. The Morgan fingerprint density at radius 2 is 1.65 bits per heavy atom. The lowest BCUT2D eigenvalue weighted by Gasteiger charge is -2.54.